The van der Waals surface area contributed by atoms with Crippen LogP contribution in [0.3, 0.4) is 0 Å². The molecule has 4 rings (SSSR count). The zero-order valence-electron chi connectivity index (χ0n) is 11.3. The summed E-state index contributed by atoms with van der Waals surface area (Å²) in [5.74, 6) is 0. The van der Waals surface area contributed by atoms with Crippen molar-refractivity contribution in [3.8, 4) is 11.1 Å². The van der Waals surface area contributed by atoms with Crippen molar-refractivity contribution in [2.24, 2.45) is 0 Å². The molecule has 2 aliphatic rings. The molecule has 102 valence electrons. The first-order chi connectivity index (χ1) is 9.71. The molecule has 0 aliphatic heterocycles. The quantitative estimate of drug-likeness (QED) is 0.522. The molecular weight excluding hydrogens is 332 g/mol. The van der Waals surface area contributed by atoms with Crippen LogP contribution in [0.1, 0.15) is 43.2 Å². The molecule has 0 atom stereocenters. The van der Waals surface area contributed by atoms with Gasteiger partial charge in [-0.1, -0.05) is 58.9 Å². The van der Waals surface area contributed by atoms with E-state index in [1.807, 2.05) is 6.07 Å². The SMILES string of the molecule is Clc1ccc2c(c1)C1(CCCCC1)c1ccc(Br)cc1-2. The van der Waals surface area contributed by atoms with Crippen molar-refractivity contribution in [3.63, 3.8) is 0 Å². The highest BCUT2D eigenvalue weighted by Gasteiger charge is 2.43. The van der Waals surface area contributed by atoms with Gasteiger partial charge in [0.1, 0.15) is 0 Å². The lowest BCUT2D eigenvalue weighted by atomic mass is 9.68. The summed E-state index contributed by atoms with van der Waals surface area (Å²) in [4.78, 5) is 0. The zero-order valence-corrected chi connectivity index (χ0v) is 13.6. The fourth-order valence-corrected chi connectivity index (χ4v) is 4.68. The normalized spacial score (nSPS) is 18.9. The molecule has 0 unspecified atom stereocenters. The van der Waals surface area contributed by atoms with Crippen LogP contribution in [0.15, 0.2) is 40.9 Å². The Morgan fingerprint density at radius 2 is 1.65 bits per heavy atom. The van der Waals surface area contributed by atoms with Crippen LogP contribution >= 0.6 is 27.5 Å². The van der Waals surface area contributed by atoms with Gasteiger partial charge in [0, 0.05) is 14.9 Å². The average molecular weight is 348 g/mol. The third-order valence-corrected chi connectivity index (χ3v) is 5.72. The molecule has 0 aromatic heterocycles. The summed E-state index contributed by atoms with van der Waals surface area (Å²) in [6.07, 6.45) is 6.52. The minimum Gasteiger partial charge on any atom is -0.0843 e. The maximum atomic E-state index is 6.29. The highest BCUT2D eigenvalue weighted by Crippen LogP contribution is 2.56. The standard InChI is InChI=1S/C18H16BrCl/c19-12-4-7-16-15(10-12)14-6-5-13(20)11-17(14)18(16)8-2-1-3-9-18/h4-7,10-11H,1-3,8-9H2. The molecule has 2 aromatic rings. The van der Waals surface area contributed by atoms with E-state index in [4.69, 9.17) is 11.6 Å². The smallest absolute Gasteiger partial charge is 0.0409 e. The second-order valence-electron chi connectivity index (χ2n) is 6.02. The van der Waals surface area contributed by atoms with Crippen LogP contribution in [-0.2, 0) is 5.41 Å². The first-order valence-electron chi connectivity index (χ1n) is 7.31. The van der Waals surface area contributed by atoms with E-state index >= 15 is 0 Å². The maximum absolute atomic E-state index is 6.29. The van der Waals surface area contributed by atoms with Gasteiger partial charge >= 0.3 is 0 Å². The average Bonchev–Trinajstić information content (AvgIpc) is 2.70. The summed E-state index contributed by atoms with van der Waals surface area (Å²) in [5.41, 5.74) is 5.96. The van der Waals surface area contributed by atoms with Gasteiger partial charge in [-0.15, -0.1) is 0 Å². The van der Waals surface area contributed by atoms with Crippen LogP contribution in [0.25, 0.3) is 11.1 Å². The number of hydrogen-bond donors (Lipinski definition) is 0. The summed E-state index contributed by atoms with van der Waals surface area (Å²) in [6, 6.07) is 13.2. The van der Waals surface area contributed by atoms with Crippen LogP contribution in [0, 0.1) is 0 Å². The monoisotopic (exact) mass is 346 g/mol. The number of benzene rings is 2. The van der Waals surface area contributed by atoms with Crippen LogP contribution in [0.4, 0.5) is 0 Å². The third kappa shape index (κ3) is 1.72. The van der Waals surface area contributed by atoms with Crippen molar-refractivity contribution in [1.82, 2.24) is 0 Å². The lowest BCUT2D eigenvalue weighted by Crippen LogP contribution is -2.28. The third-order valence-electron chi connectivity index (χ3n) is 4.99. The predicted molar refractivity (Wildman–Crippen MR) is 88.5 cm³/mol. The Morgan fingerprint density at radius 1 is 0.850 bits per heavy atom. The summed E-state index contributed by atoms with van der Waals surface area (Å²) in [7, 11) is 0. The molecule has 0 heterocycles. The predicted octanol–water partition coefficient (Wildman–Crippen LogP) is 6.33. The molecular formula is C18H16BrCl. The second-order valence-corrected chi connectivity index (χ2v) is 7.37. The molecule has 2 aliphatic carbocycles. The largest absolute Gasteiger partial charge is 0.0843 e. The fraction of sp³-hybridized carbons (Fsp3) is 0.333. The molecule has 1 saturated carbocycles. The topological polar surface area (TPSA) is 0 Å². The van der Waals surface area contributed by atoms with Crippen molar-refractivity contribution in [1.29, 1.82) is 0 Å². The number of fused-ring (bicyclic) bond motifs is 5. The van der Waals surface area contributed by atoms with Crippen LogP contribution in [0.2, 0.25) is 5.02 Å². The van der Waals surface area contributed by atoms with Gasteiger partial charge in [0.15, 0.2) is 0 Å². The van der Waals surface area contributed by atoms with Gasteiger partial charge in [-0.2, -0.15) is 0 Å². The Balaban J connectivity index is 2.03. The molecule has 2 heteroatoms. The van der Waals surface area contributed by atoms with Gasteiger partial charge in [0.2, 0.25) is 0 Å². The van der Waals surface area contributed by atoms with Crippen molar-refractivity contribution in [3.05, 3.63) is 57.0 Å². The lowest BCUT2D eigenvalue weighted by molar-refractivity contribution is 0.353. The Labute approximate surface area is 133 Å². The Hall–Kier alpha value is -0.790. The van der Waals surface area contributed by atoms with E-state index < -0.39 is 0 Å². The first-order valence-corrected chi connectivity index (χ1v) is 8.48. The maximum Gasteiger partial charge on any atom is 0.0409 e. The van der Waals surface area contributed by atoms with Gasteiger partial charge in [-0.3, -0.25) is 0 Å². The van der Waals surface area contributed by atoms with Crippen molar-refractivity contribution in [2.45, 2.75) is 37.5 Å². The Bertz CT molecular complexity index is 684. The van der Waals surface area contributed by atoms with Crippen LogP contribution in [-0.4, -0.2) is 0 Å². The van der Waals surface area contributed by atoms with E-state index in [1.54, 1.807) is 0 Å². The summed E-state index contributed by atoms with van der Waals surface area (Å²) in [6.45, 7) is 0. The van der Waals surface area contributed by atoms with E-state index in [2.05, 4.69) is 46.3 Å². The van der Waals surface area contributed by atoms with E-state index in [0.29, 0.717) is 0 Å². The van der Waals surface area contributed by atoms with Gasteiger partial charge < -0.3 is 0 Å². The highest BCUT2D eigenvalue weighted by atomic mass is 79.9. The van der Waals surface area contributed by atoms with Crippen LogP contribution < -0.4 is 0 Å². The Morgan fingerprint density at radius 3 is 2.45 bits per heavy atom. The van der Waals surface area contributed by atoms with E-state index in [1.165, 1.54) is 54.4 Å². The molecule has 1 fully saturated rings. The number of halogens is 2. The summed E-state index contributed by atoms with van der Waals surface area (Å²) >= 11 is 9.91. The van der Waals surface area contributed by atoms with Crippen LogP contribution in [0.5, 0.6) is 0 Å². The molecule has 0 saturated heterocycles. The van der Waals surface area contributed by atoms with E-state index in [9.17, 15) is 0 Å². The van der Waals surface area contributed by atoms with Gasteiger partial charge in [0.05, 0.1) is 0 Å². The van der Waals surface area contributed by atoms with Crippen molar-refractivity contribution < 1.29 is 0 Å². The van der Waals surface area contributed by atoms with Crippen molar-refractivity contribution >= 4 is 27.5 Å². The van der Waals surface area contributed by atoms with E-state index in [0.717, 1.165) is 9.50 Å². The van der Waals surface area contributed by atoms with E-state index in [-0.39, 0.29) is 5.41 Å². The first kappa shape index (κ1) is 12.9. The van der Waals surface area contributed by atoms with Crippen molar-refractivity contribution in [2.75, 3.05) is 0 Å². The summed E-state index contributed by atoms with van der Waals surface area (Å²) < 4.78 is 1.16. The minimum atomic E-state index is 0.217. The molecule has 0 bridgehead atoms. The molecule has 1 spiro atoms. The fourth-order valence-electron chi connectivity index (χ4n) is 4.14. The Kier molecular flexibility index (Phi) is 2.98. The van der Waals surface area contributed by atoms with Gasteiger partial charge in [0.25, 0.3) is 0 Å². The number of rotatable bonds is 0. The minimum absolute atomic E-state index is 0.217. The molecule has 0 radical (unpaired) electrons. The lowest BCUT2D eigenvalue weighted by Gasteiger charge is -2.36. The molecule has 0 amide bonds. The molecule has 2 aromatic carbocycles. The second kappa shape index (κ2) is 4.61. The van der Waals surface area contributed by atoms with Gasteiger partial charge in [-0.25, -0.2) is 0 Å². The highest BCUT2D eigenvalue weighted by molar-refractivity contribution is 9.10. The molecule has 0 nitrogen and oxygen atoms in total. The zero-order chi connectivity index (χ0) is 13.7. The van der Waals surface area contributed by atoms with Gasteiger partial charge in [-0.05, 0) is 59.4 Å². The molecule has 0 N–H and O–H groups in total. The summed E-state index contributed by atoms with van der Waals surface area (Å²) in [5, 5.41) is 0.862. The number of hydrogen-bond acceptors (Lipinski definition) is 0. The molecule has 20 heavy (non-hydrogen) atoms.